The van der Waals surface area contributed by atoms with Crippen LogP contribution in [0, 0.1) is 11.8 Å². The number of aromatic nitrogens is 5. The fraction of sp³-hybridized carbons (Fsp3) is 0.273. The van der Waals surface area contributed by atoms with Crippen LogP contribution in [0.15, 0.2) is 35.1 Å². The molecule has 0 unspecified atom stereocenters. The zero-order valence-corrected chi connectivity index (χ0v) is 19.1. The van der Waals surface area contributed by atoms with Crippen LogP contribution >= 0.6 is 15.9 Å². The highest BCUT2D eigenvalue weighted by molar-refractivity contribution is 9.10. The third kappa shape index (κ3) is 3.26. The summed E-state index contributed by atoms with van der Waals surface area (Å²) < 4.78 is 7.65. The van der Waals surface area contributed by atoms with Gasteiger partial charge in [-0.05, 0) is 46.8 Å². The number of hydrogen-bond donors (Lipinski definition) is 2. The van der Waals surface area contributed by atoms with E-state index in [1.807, 2.05) is 18.2 Å². The minimum absolute atomic E-state index is 0.170. The molecule has 0 atom stereocenters. The van der Waals surface area contributed by atoms with Crippen molar-refractivity contribution in [3.8, 4) is 17.6 Å². The first-order chi connectivity index (χ1) is 15.4. The average Bonchev–Trinajstić information content (AvgIpc) is 3.27. The highest BCUT2D eigenvalue weighted by Gasteiger charge is 2.48. The molecule has 1 fully saturated rings. The van der Waals surface area contributed by atoms with Crippen molar-refractivity contribution < 1.29 is 9.53 Å². The molecule has 3 N–H and O–H groups in total. The van der Waals surface area contributed by atoms with Crippen molar-refractivity contribution in [2.75, 3.05) is 19.9 Å². The normalized spacial score (nSPS) is 14.2. The first kappa shape index (κ1) is 20.3. The van der Waals surface area contributed by atoms with Gasteiger partial charge in [-0.1, -0.05) is 12.0 Å². The molecular weight excluding hydrogens is 474 g/mol. The summed E-state index contributed by atoms with van der Waals surface area (Å²) in [5.41, 5.74) is 8.85. The van der Waals surface area contributed by atoms with Crippen molar-refractivity contribution in [1.82, 2.24) is 29.5 Å². The van der Waals surface area contributed by atoms with E-state index in [0.29, 0.717) is 45.0 Å². The van der Waals surface area contributed by atoms with Crippen molar-refractivity contribution in [2.24, 2.45) is 0 Å². The number of amides is 1. The van der Waals surface area contributed by atoms with Crippen LogP contribution in [0.3, 0.4) is 0 Å². The van der Waals surface area contributed by atoms with Crippen LogP contribution in [0.2, 0.25) is 0 Å². The molecule has 1 saturated carbocycles. The lowest BCUT2D eigenvalue weighted by molar-refractivity contribution is 0.0701. The molecule has 0 radical (unpaired) electrons. The van der Waals surface area contributed by atoms with E-state index in [4.69, 9.17) is 10.5 Å². The monoisotopic (exact) mass is 493 g/mol. The average molecular weight is 494 g/mol. The minimum atomic E-state index is -0.302. The van der Waals surface area contributed by atoms with Gasteiger partial charge < -0.3 is 20.4 Å². The number of aromatic amines is 1. The Bertz CT molecular complexity index is 1420. The smallest absolute Gasteiger partial charge is 0.289 e. The summed E-state index contributed by atoms with van der Waals surface area (Å²) in [4.78, 5) is 26.8. The van der Waals surface area contributed by atoms with E-state index in [0.717, 1.165) is 18.4 Å². The number of nitrogens with one attached hydrogen (secondary N) is 1. The Morgan fingerprint density at radius 1 is 1.41 bits per heavy atom. The molecule has 0 spiro atoms. The fourth-order valence-electron chi connectivity index (χ4n) is 3.74. The van der Waals surface area contributed by atoms with Gasteiger partial charge in [-0.2, -0.15) is 5.10 Å². The number of ether oxygens (including phenoxy) is 1. The van der Waals surface area contributed by atoms with Crippen molar-refractivity contribution in [2.45, 2.75) is 24.8 Å². The first-order valence-corrected chi connectivity index (χ1v) is 10.8. The number of anilines is 1. The molecule has 0 bridgehead atoms. The molecule has 4 aromatic rings. The largest absolute Gasteiger partial charge is 0.494 e. The molecular formula is C22H20BrN7O2. The SMILES string of the molecule is COc1cccc2[nH]c(C(=O)N(C)C3(CC#Cc4cnc5c(N)c(Br)cnn45)CC3)nc12. The summed E-state index contributed by atoms with van der Waals surface area (Å²) in [6.45, 7) is 0. The Morgan fingerprint density at radius 3 is 2.97 bits per heavy atom. The van der Waals surface area contributed by atoms with Gasteiger partial charge in [0.1, 0.15) is 17.0 Å². The van der Waals surface area contributed by atoms with E-state index in [2.05, 4.69) is 47.8 Å². The molecule has 3 heterocycles. The van der Waals surface area contributed by atoms with Crippen molar-refractivity contribution >= 4 is 44.2 Å². The Hall–Kier alpha value is -3.58. The minimum Gasteiger partial charge on any atom is -0.494 e. The topological polar surface area (TPSA) is 114 Å². The van der Waals surface area contributed by atoms with E-state index in [-0.39, 0.29) is 11.4 Å². The zero-order valence-electron chi connectivity index (χ0n) is 17.5. The zero-order chi connectivity index (χ0) is 22.5. The number of nitrogens with zero attached hydrogens (tertiary/aromatic N) is 5. The van der Waals surface area contributed by atoms with Crippen LogP contribution in [-0.4, -0.2) is 55.1 Å². The first-order valence-electron chi connectivity index (χ1n) is 10.0. The maximum Gasteiger partial charge on any atom is 0.289 e. The van der Waals surface area contributed by atoms with Crippen LogP contribution in [0.25, 0.3) is 16.7 Å². The maximum atomic E-state index is 13.1. The molecule has 0 saturated heterocycles. The van der Waals surface area contributed by atoms with Gasteiger partial charge in [-0.15, -0.1) is 0 Å². The van der Waals surface area contributed by atoms with Crippen LogP contribution in [0.5, 0.6) is 5.75 Å². The summed E-state index contributed by atoms with van der Waals surface area (Å²) in [5, 5.41) is 4.31. The second kappa shape index (κ2) is 7.53. The molecule has 9 nitrogen and oxygen atoms in total. The summed E-state index contributed by atoms with van der Waals surface area (Å²) in [6.07, 6.45) is 5.58. The standard InChI is InChI=1S/C22H20BrN7O2/c1-29(21(31)19-27-15-6-3-7-16(32-2)18(15)28-19)22(9-10-22)8-4-5-13-11-25-20-17(24)14(23)12-26-30(13)20/h3,6-7,11-12H,8-10,24H2,1-2H3,(H,27,28). The molecule has 32 heavy (non-hydrogen) atoms. The number of imidazole rings is 2. The number of halogens is 1. The Kier molecular flexibility index (Phi) is 4.78. The Balaban J connectivity index is 1.36. The Morgan fingerprint density at radius 2 is 2.22 bits per heavy atom. The lowest BCUT2D eigenvalue weighted by Crippen LogP contribution is -2.39. The lowest BCUT2D eigenvalue weighted by atomic mass is 10.1. The summed E-state index contributed by atoms with van der Waals surface area (Å²) in [7, 11) is 3.39. The molecule has 10 heteroatoms. The predicted molar refractivity (Wildman–Crippen MR) is 123 cm³/mol. The van der Waals surface area contributed by atoms with E-state index >= 15 is 0 Å². The Labute approximate surface area is 192 Å². The van der Waals surface area contributed by atoms with E-state index in [9.17, 15) is 4.79 Å². The number of methoxy groups -OCH3 is 1. The van der Waals surface area contributed by atoms with Crippen molar-refractivity contribution in [3.63, 3.8) is 0 Å². The number of nitrogens with two attached hydrogens (primary N) is 1. The van der Waals surface area contributed by atoms with Gasteiger partial charge in [-0.25, -0.2) is 14.5 Å². The number of hydrogen-bond acceptors (Lipinski definition) is 6. The summed E-state index contributed by atoms with van der Waals surface area (Å²) in [5.74, 6) is 7.07. The number of carbonyl (C=O) groups is 1. The summed E-state index contributed by atoms with van der Waals surface area (Å²) in [6, 6.07) is 5.55. The van der Waals surface area contributed by atoms with Gasteiger partial charge in [0.15, 0.2) is 11.5 Å². The molecule has 1 aromatic carbocycles. The predicted octanol–water partition coefficient (Wildman–Crippen LogP) is 3.01. The van der Waals surface area contributed by atoms with Gasteiger partial charge in [-0.3, -0.25) is 4.79 Å². The van der Waals surface area contributed by atoms with Gasteiger partial charge in [0, 0.05) is 13.5 Å². The third-order valence-corrected chi connectivity index (χ3v) is 6.53. The van der Waals surface area contributed by atoms with Crippen LogP contribution in [0.1, 0.15) is 35.6 Å². The van der Waals surface area contributed by atoms with Gasteiger partial charge >= 0.3 is 0 Å². The highest BCUT2D eigenvalue weighted by Crippen LogP contribution is 2.44. The van der Waals surface area contributed by atoms with Gasteiger partial charge in [0.05, 0.1) is 40.7 Å². The second-order valence-corrected chi connectivity index (χ2v) is 8.65. The molecule has 3 aromatic heterocycles. The van der Waals surface area contributed by atoms with Crippen molar-refractivity contribution in [3.05, 3.63) is 46.6 Å². The van der Waals surface area contributed by atoms with E-state index in [1.165, 1.54) is 0 Å². The number of nitrogen functional groups attached to an aromatic ring is 1. The molecule has 5 rings (SSSR count). The van der Waals surface area contributed by atoms with Gasteiger partial charge in [0.25, 0.3) is 5.91 Å². The van der Waals surface area contributed by atoms with Crippen LogP contribution in [-0.2, 0) is 0 Å². The molecule has 0 aliphatic heterocycles. The quantitative estimate of drug-likeness (QED) is 0.422. The summed E-state index contributed by atoms with van der Waals surface area (Å²) >= 11 is 3.35. The molecule has 1 amide bonds. The van der Waals surface area contributed by atoms with Crippen LogP contribution in [0.4, 0.5) is 5.69 Å². The molecule has 162 valence electrons. The number of carbonyl (C=O) groups excluding carboxylic acids is 1. The second-order valence-electron chi connectivity index (χ2n) is 7.79. The van der Waals surface area contributed by atoms with Crippen LogP contribution < -0.4 is 10.5 Å². The van der Waals surface area contributed by atoms with Crippen molar-refractivity contribution in [1.29, 1.82) is 0 Å². The third-order valence-electron chi connectivity index (χ3n) is 5.90. The molecule has 1 aliphatic carbocycles. The number of rotatable bonds is 4. The van der Waals surface area contributed by atoms with E-state index < -0.39 is 0 Å². The number of benzene rings is 1. The molecule has 1 aliphatic rings. The van der Waals surface area contributed by atoms with Gasteiger partial charge in [0.2, 0.25) is 0 Å². The fourth-order valence-corrected chi connectivity index (χ4v) is 4.01. The lowest BCUT2D eigenvalue weighted by Gasteiger charge is -2.25. The number of H-pyrrole nitrogens is 1. The number of para-hydroxylation sites is 1. The maximum absolute atomic E-state index is 13.1. The number of fused-ring (bicyclic) bond motifs is 2. The highest BCUT2D eigenvalue weighted by atomic mass is 79.9. The van der Waals surface area contributed by atoms with E-state index in [1.54, 1.807) is 36.0 Å².